The van der Waals surface area contributed by atoms with Gasteiger partial charge in [-0.15, -0.1) is 0 Å². The van der Waals surface area contributed by atoms with Crippen molar-refractivity contribution in [3.05, 3.63) is 54.6 Å². The standard InChI is InChI=1S/C13H12.2H3N/c1-10(2)12-9-5-7-11-6-3-4-8-13(11)12;;/h3-9H,1H2,2H3;2*1H3. The minimum absolute atomic E-state index is 0. The van der Waals surface area contributed by atoms with Gasteiger partial charge in [0.1, 0.15) is 0 Å². The van der Waals surface area contributed by atoms with Crippen molar-refractivity contribution in [1.82, 2.24) is 12.3 Å². The summed E-state index contributed by atoms with van der Waals surface area (Å²) in [5.41, 5.74) is 2.37. The third-order valence-corrected chi connectivity index (χ3v) is 2.25. The minimum Gasteiger partial charge on any atom is -0.344 e. The average Bonchev–Trinajstić information content (AvgIpc) is 2.17. The van der Waals surface area contributed by atoms with E-state index in [2.05, 4.69) is 49.0 Å². The monoisotopic (exact) mass is 202 g/mol. The van der Waals surface area contributed by atoms with Crippen molar-refractivity contribution in [2.45, 2.75) is 6.92 Å². The minimum atomic E-state index is 0. The van der Waals surface area contributed by atoms with E-state index in [0.717, 1.165) is 5.57 Å². The number of hydrogen-bond donors (Lipinski definition) is 2. The highest BCUT2D eigenvalue weighted by atomic mass is 14.0. The Kier molecular flexibility index (Phi) is 4.71. The van der Waals surface area contributed by atoms with Crippen LogP contribution in [0.4, 0.5) is 0 Å². The van der Waals surface area contributed by atoms with Gasteiger partial charge in [0.25, 0.3) is 0 Å². The summed E-state index contributed by atoms with van der Waals surface area (Å²) in [6.07, 6.45) is 0. The average molecular weight is 202 g/mol. The third-order valence-electron chi connectivity index (χ3n) is 2.25. The molecule has 0 aliphatic carbocycles. The van der Waals surface area contributed by atoms with E-state index in [-0.39, 0.29) is 12.3 Å². The summed E-state index contributed by atoms with van der Waals surface area (Å²) < 4.78 is 0. The number of rotatable bonds is 1. The lowest BCUT2D eigenvalue weighted by molar-refractivity contribution is 1.63. The molecule has 0 amide bonds. The molecule has 0 unspecified atom stereocenters. The molecule has 80 valence electrons. The smallest absolute Gasteiger partial charge is 0.0109 e. The zero-order chi connectivity index (χ0) is 9.26. The van der Waals surface area contributed by atoms with Crippen LogP contribution in [0.15, 0.2) is 49.0 Å². The van der Waals surface area contributed by atoms with Gasteiger partial charge in [-0.25, -0.2) is 0 Å². The maximum atomic E-state index is 3.98. The van der Waals surface area contributed by atoms with Crippen LogP contribution in [0.1, 0.15) is 12.5 Å². The second kappa shape index (κ2) is 5.29. The van der Waals surface area contributed by atoms with E-state index >= 15 is 0 Å². The Morgan fingerprint density at radius 1 is 0.933 bits per heavy atom. The summed E-state index contributed by atoms with van der Waals surface area (Å²) in [6.45, 7) is 6.02. The maximum absolute atomic E-state index is 3.98. The molecule has 0 aliphatic rings. The number of benzene rings is 2. The van der Waals surface area contributed by atoms with Gasteiger partial charge in [-0.3, -0.25) is 0 Å². The summed E-state index contributed by atoms with van der Waals surface area (Å²) in [5, 5.41) is 2.57. The Morgan fingerprint density at radius 3 is 2.20 bits per heavy atom. The molecule has 2 aromatic carbocycles. The lowest BCUT2D eigenvalue weighted by Gasteiger charge is -2.04. The van der Waals surface area contributed by atoms with Crippen molar-refractivity contribution in [2.75, 3.05) is 0 Å². The molecule has 0 spiro atoms. The molecule has 6 N–H and O–H groups in total. The van der Waals surface area contributed by atoms with Gasteiger partial charge in [-0.1, -0.05) is 54.6 Å². The first-order valence-corrected chi connectivity index (χ1v) is 4.42. The Bertz CT molecular complexity index is 456. The van der Waals surface area contributed by atoms with E-state index < -0.39 is 0 Å². The lowest BCUT2D eigenvalue weighted by atomic mass is 10.0. The molecule has 0 fully saturated rings. The van der Waals surface area contributed by atoms with Crippen LogP contribution in [-0.2, 0) is 0 Å². The molecular weight excluding hydrogens is 184 g/mol. The summed E-state index contributed by atoms with van der Waals surface area (Å²) in [4.78, 5) is 0. The van der Waals surface area contributed by atoms with Crippen LogP contribution in [0.5, 0.6) is 0 Å². The highest BCUT2D eigenvalue weighted by molar-refractivity contribution is 5.92. The Labute approximate surface area is 90.8 Å². The van der Waals surface area contributed by atoms with Crippen LogP contribution < -0.4 is 12.3 Å². The molecule has 0 saturated carbocycles. The van der Waals surface area contributed by atoms with E-state index in [1.165, 1.54) is 16.3 Å². The zero-order valence-corrected chi connectivity index (χ0v) is 9.16. The Balaban J connectivity index is 0.000000980. The second-order valence-electron chi connectivity index (χ2n) is 3.31. The van der Waals surface area contributed by atoms with E-state index in [4.69, 9.17) is 0 Å². The van der Waals surface area contributed by atoms with Crippen LogP contribution in [0, 0.1) is 0 Å². The maximum Gasteiger partial charge on any atom is -0.0109 e. The number of allylic oxidation sites excluding steroid dienone is 1. The van der Waals surface area contributed by atoms with Gasteiger partial charge in [0.05, 0.1) is 0 Å². The molecule has 0 aliphatic heterocycles. The van der Waals surface area contributed by atoms with Gasteiger partial charge in [-0.05, 0) is 23.3 Å². The largest absolute Gasteiger partial charge is 0.344 e. The second-order valence-corrected chi connectivity index (χ2v) is 3.31. The predicted octanol–water partition coefficient (Wildman–Crippen LogP) is 4.20. The molecule has 0 bridgehead atoms. The van der Waals surface area contributed by atoms with Crippen LogP contribution in [-0.4, -0.2) is 0 Å². The van der Waals surface area contributed by atoms with Gasteiger partial charge < -0.3 is 12.3 Å². The van der Waals surface area contributed by atoms with Gasteiger partial charge in [0.15, 0.2) is 0 Å². The van der Waals surface area contributed by atoms with Gasteiger partial charge in [0.2, 0.25) is 0 Å². The SMILES string of the molecule is C=C(C)c1cccc2ccccc12.N.N. The van der Waals surface area contributed by atoms with Gasteiger partial charge in [-0.2, -0.15) is 0 Å². The summed E-state index contributed by atoms with van der Waals surface area (Å²) in [7, 11) is 0. The first-order valence-electron chi connectivity index (χ1n) is 4.42. The molecule has 2 heteroatoms. The van der Waals surface area contributed by atoms with Crippen molar-refractivity contribution in [2.24, 2.45) is 0 Å². The molecule has 15 heavy (non-hydrogen) atoms. The topological polar surface area (TPSA) is 70.0 Å². The lowest BCUT2D eigenvalue weighted by Crippen LogP contribution is -1.80. The van der Waals surface area contributed by atoms with E-state index in [0.29, 0.717) is 0 Å². The van der Waals surface area contributed by atoms with E-state index in [1.54, 1.807) is 0 Å². The highest BCUT2D eigenvalue weighted by Gasteiger charge is 1.98. The number of fused-ring (bicyclic) bond motifs is 1. The molecule has 0 heterocycles. The summed E-state index contributed by atoms with van der Waals surface area (Å²) in [6, 6.07) is 14.7. The fraction of sp³-hybridized carbons (Fsp3) is 0.0769. The predicted molar refractivity (Wildman–Crippen MR) is 68.7 cm³/mol. The number of hydrogen-bond acceptors (Lipinski definition) is 2. The van der Waals surface area contributed by atoms with Crippen molar-refractivity contribution in [3.63, 3.8) is 0 Å². The normalized spacial score (nSPS) is 8.87. The molecule has 2 aromatic rings. The van der Waals surface area contributed by atoms with Gasteiger partial charge >= 0.3 is 0 Å². The van der Waals surface area contributed by atoms with Crippen molar-refractivity contribution >= 4 is 16.3 Å². The molecule has 0 saturated heterocycles. The van der Waals surface area contributed by atoms with Crippen molar-refractivity contribution in [1.29, 1.82) is 0 Å². The molecule has 2 rings (SSSR count). The Morgan fingerprint density at radius 2 is 1.53 bits per heavy atom. The van der Waals surface area contributed by atoms with Gasteiger partial charge in [0, 0.05) is 0 Å². The van der Waals surface area contributed by atoms with E-state index in [9.17, 15) is 0 Å². The summed E-state index contributed by atoms with van der Waals surface area (Å²) in [5.74, 6) is 0. The highest BCUT2D eigenvalue weighted by Crippen LogP contribution is 2.23. The quantitative estimate of drug-likeness (QED) is 0.727. The zero-order valence-electron chi connectivity index (χ0n) is 9.16. The van der Waals surface area contributed by atoms with Crippen molar-refractivity contribution < 1.29 is 0 Å². The van der Waals surface area contributed by atoms with Crippen LogP contribution >= 0.6 is 0 Å². The molecule has 0 radical (unpaired) electrons. The first kappa shape index (κ1) is 13.4. The van der Waals surface area contributed by atoms with Crippen LogP contribution in [0.25, 0.3) is 16.3 Å². The van der Waals surface area contributed by atoms with Crippen molar-refractivity contribution in [3.8, 4) is 0 Å². The molecular formula is C13H18N2. The third kappa shape index (κ3) is 2.43. The molecule has 0 atom stereocenters. The van der Waals surface area contributed by atoms with E-state index in [1.807, 2.05) is 6.92 Å². The summed E-state index contributed by atoms with van der Waals surface area (Å²) >= 11 is 0. The molecule has 0 aromatic heterocycles. The van der Waals surface area contributed by atoms with Crippen LogP contribution in [0.3, 0.4) is 0 Å². The molecule has 2 nitrogen and oxygen atoms in total. The Hall–Kier alpha value is -1.64. The first-order chi connectivity index (χ1) is 6.29. The fourth-order valence-electron chi connectivity index (χ4n) is 1.60. The van der Waals surface area contributed by atoms with Crippen LogP contribution in [0.2, 0.25) is 0 Å². The fourth-order valence-corrected chi connectivity index (χ4v) is 1.60.